The third-order valence-corrected chi connectivity index (χ3v) is 9.23. The van der Waals surface area contributed by atoms with Crippen molar-refractivity contribution in [3.63, 3.8) is 0 Å². The fraction of sp³-hybridized carbons (Fsp3) is 0.826. The Morgan fingerprint density at radius 2 is 1.88 bits per heavy atom. The van der Waals surface area contributed by atoms with Crippen LogP contribution in [0.2, 0.25) is 0 Å². The van der Waals surface area contributed by atoms with E-state index in [1.54, 1.807) is 0 Å². The minimum atomic E-state index is 0.0481. The molecule has 5 rings (SSSR count). The molecule has 2 nitrogen and oxygen atoms in total. The number of carbonyl (C=O) groups excluding carboxylic acids is 2. The van der Waals surface area contributed by atoms with Crippen molar-refractivity contribution in [3.05, 3.63) is 11.6 Å². The van der Waals surface area contributed by atoms with Crippen LogP contribution in [0, 0.1) is 40.9 Å². The summed E-state index contributed by atoms with van der Waals surface area (Å²) in [6, 6.07) is 0. The van der Waals surface area contributed by atoms with Gasteiger partial charge in [0.05, 0.1) is 0 Å². The Morgan fingerprint density at radius 1 is 1.00 bits per heavy atom. The molecule has 0 aromatic carbocycles. The molecule has 4 saturated carbocycles. The molecule has 0 radical (unpaired) electrons. The smallest absolute Gasteiger partial charge is 0.155 e. The molecule has 0 spiro atoms. The molecular weight excluding hydrogens is 308 g/mol. The van der Waals surface area contributed by atoms with E-state index in [9.17, 15) is 9.59 Å². The zero-order chi connectivity index (χ0) is 17.2. The molecule has 2 heteroatoms. The second-order valence-corrected chi connectivity index (χ2v) is 9.82. The second-order valence-electron chi connectivity index (χ2n) is 9.82. The second kappa shape index (κ2) is 5.79. The zero-order valence-electron chi connectivity index (χ0n) is 15.6. The van der Waals surface area contributed by atoms with Crippen LogP contribution in [0.3, 0.4) is 0 Å². The predicted octanol–water partition coefficient (Wildman–Crippen LogP) is 5.11. The van der Waals surface area contributed by atoms with E-state index in [2.05, 4.69) is 0 Å². The summed E-state index contributed by atoms with van der Waals surface area (Å²) < 4.78 is 0. The number of rotatable bonds is 1. The maximum absolute atomic E-state index is 12.8. The quantitative estimate of drug-likeness (QED) is 0.664. The first-order valence-corrected chi connectivity index (χ1v) is 10.9. The molecule has 0 saturated heterocycles. The lowest BCUT2D eigenvalue weighted by Gasteiger charge is -2.51. The van der Waals surface area contributed by atoms with Gasteiger partial charge < -0.3 is 0 Å². The van der Waals surface area contributed by atoms with Gasteiger partial charge in [-0.25, -0.2) is 0 Å². The molecule has 5 aliphatic rings. The molecule has 0 aliphatic heterocycles. The summed E-state index contributed by atoms with van der Waals surface area (Å²) in [6.45, 7) is 1.90. The van der Waals surface area contributed by atoms with Gasteiger partial charge in [0.25, 0.3) is 0 Å². The first kappa shape index (κ1) is 16.3. The fourth-order valence-electron chi connectivity index (χ4n) is 8.41. The zero-order valence-corrected chi connectivity index (χ0v) is 15.6. The number of fused-ring (bicyclic) bond motifs is 7. The largest absolute Gasteiger partial charge is 0.299 e. The van der Waals surface area contributed by atoms with E-state index < -0.39 is 0 Å². The molecule has 0 heterocycles. The first-order valence-electron chi connectivity index (χ1n) is 10.9. The summed E-state index contributed by atoms with van der Waals surface area (Å²) in [5, 5.41) is 0. The number of allylic oxidation sites excluding steroid dienone is 1. The molecule has 0 bridgehead atoms. The third-order valence-electron chi connectivity index (χ3n) is 9.23. The first-order chi connectivity index (χ1) is 12.1. The maximum Gasteiger partial charge on any atom is 0.155 e. The van der Waals surface area contributed by atoms with Crippen molar-refractivity contribution < 1.29 is 9.59 Å². The molecule has 7 unspecified atom stereocenters. The monoisotopic (exact) mass is 340 g/mol. The Kier molecular flexibility index (Phi) is 3.77. The van der Waals surface area contributed by atoms with Crippen molar-refractivity contribution in [2.75, 3.05) is 0 Å². The van der Waals surface area contributed by atoms with Gasteiger partial charge in [-0.2, -0.15) is 0 Å². The molecular formula is C23H32O2. The summed E-state index contributed by atoms with van der Waals surface area (Å²) in [7, 11) is 0. The molecule has 7 atom stereocenters. The van der Waals surface area contributed by atoms with Gasteiger partial charge in [0, 0.05) is 11.8 Å². The fourth-order valence-corrected chi connectivity index (χ4v) is 8.41. The molecule has 0 aromatic heterocycles. The number of carbonyl (C=O) groups is 2. The predicted molar refractivity (Wildman–Crippen MR) is 97.9 cm³/mol. The molecule has 136 valence electrons. The van der Waals surface area contributed by atoms with Crippen molar-refractivity contribution in [3.8, 4) is 0 Å². The average Bonchev–Trinajstić information content (AvgIpc) is 2.97. The Bertz CT molecular complexity index is 632. The van der Waals surface area contributed by atoms with Crippen LogP contribution < -0.4 is 0 Å². The molecule has 0 amide bonds. The van der Waals surface area contributed by atoms with E-state index in [-0.39, 0.29) is 5.41 Å². The summed E-state index contributed by atoms with van der Waals surface area (Å²) >= 11 is 0. The van der Waals surface area contributed by atoms with Crippen LogP contribution >= 0.6 is 0 Å². The lowest BCUT2D eigenvalue weighted by atomic mass is 9.52. The van der Waals surface area contributed by atoms with E-state index in [1.807, 2.05) is 13.0 Å². The number of hydrogen-bond acceptors (Lipinski definition) is 2. The topological polar surface area (TPSA) is 34.1 Å². The van der Waals surface area contributed by atoms with Crippen LogP contribution in [0.15, 0.2) is 11.6 Å². The van der Waals surface area contributed by atoms with Crippen LogP contribution in [-0.4, -0.2) is 11.6 Å². The van der Waals surface area contributed by atoms with Crippen molar-refractivity contribution in [2.45, 2.75) is 77.6 Å². The van der Waals surface area contributed by atoms with Gasteiger partial charge in [-0.05, 0) is 99.9 Å². The van der Waals surface area contributed by atoms with Gasteiger partial charge in [0.2, 0.25) is 0 Å². The maximum atomic E-state index is 12.8. The van der Waals surface area contributed by atoms with Crippen LogP contribution in [0.25, 0.3) is 0 Å². The Balaban J connectivity index is 1.46. The number of hydrogen-bond donors (Lipinski definition) is 0. The standard InChI is InChI=1S/C23H32O2/c1-14(24)23-11-3-2-4-16(23)13-21-20-7-5-15-12-17(25)6-8-18(15)19(20)9-10-22(21)23/h12,16,18-22H,2-11,13H2,1H3. The Hall–Kier alpha value is -0.920. The summed E-state index contributed by atoms with van der Waals surface area (Å²) in [5.74, 6) is 5.35. The Morgan fingerprint density at radius 3 is 2.72 bits per heavy atom. The van der Waals surface area contributed by atoms with Crippen molar-refractivity contribution in [1.82, 2.24) is 0 Å². The number of Topliss-reactive ketones (excluding diaryl/α,β-unsaturated/α-hetero) is 1. The van der Waals surface area contributed by atoms with Gasteiger partial charge in [-0.15, -0.1) is 0 Å². The number of ketones is 2. The van der Waals surface area contributed by atoms with Crippen molar-refractivity contribution >= 4 is 11.6 Å². The molecule has 0 aromatic rings. The van der Waals surface area contributed by atoms with Gasteiger partial charge in [-0.1, -0.05) is 18.4 Å². The highest BCUT2D eigenvalue weighted by Gasteiger charge is 2.62. The van der Waals surface area contributed by atoms with Crippen LogP contribution in [-0.2, 0) is 9.59 Å². The molecule has 0 N–H and O–H groups in total. The van der Waals surface area contributed by atoms with E-state index in [1.165, 1.54) is 56.9 Å². The minimum absolute atomic E-state index is 0.0481. The minimum Gasteiger partial charge on any atom is -0.299 e. The van der Waals surface area contributed by atoms with Gasteiger partial charge in [-0.3, -0.25) is 9.59 Å². The molecule has 5 aliphatic carbocycles. The lowest BCUT2D eigenvalue weighted by molar-refractivity contribution is -0.136. The lowest BCUT2D eigenvalue weighted by Crippen LogP contribution is -2.47. The summed E-state index contributed by atoms with van der Waals surface area (Å²) in [4.78, 5) is 24.7. The highest BCUT2D eigenvalue weighted by atomic mass is 16.1. The van der Waals surface area contributed by atoms with Crippen LogP contribution in [0.5, 0.6) is 0 Å². The highest BCUT2D eigenvalue weighted by molar-refractivity contribution is 5.91. The van der Waals surface area contributed by atoms with E-state index >= 15 is 0 Å². The van der Waals surface area contributed by atoms with Crippen molar-refractivity contribution in [1.29, 1.82) is 0 Å². The van der Waals surface area contributed by atoms with Gasteiger partial charge in [0.15, 0.2) is 5.78 Å². The molecule has 4 fully saturated rings. The normalized spacial score (nSPS) is 48.7. The molecule has 25 heavy (non-hydrogen) atoms. The van der Waals surface area contributed by atoms with E-state index in [0.717, 1.165) is 37.0 Å². The average molecular weight is 341 g/mol. The SMILES string of the molecule is CC(=O)C12CCCCC1CC1C3CCC4=CC(=O)CCC4C3CCC12. The van der Waals surface area contributed by atoms with Crippen LogP contribution in [0.1, 0.15) is 77.6 Å². The van der Waals surface area contributed by atoms with E-state index in [4.69, 9.17) is 0 Å². The highest BCUT2D eigenvalue weighted by Crippen LogP contribution is 2.66. The van der Waals surface area contributed by atoms with Crippen molar-refractivity contribution in [2.24, 2.45) is 40.9 Å². The summed E-state index contributed by atoms with van der Waals surface area (Å²) in [5.41, 5.74) is 1.53. The van der Waals surface area contributed by atoms with Crippen LogP contribution in [0.4, 0.5) is 0 Å². The third kappa shape index (κ3) is 2.21. The van der Waals surface area contributed by atoms with Gasteiger partial charge >= 0.3 is 0 Å². The van der Waals surface area contributed by atoms with E-state index in [0.29, 0.717) is 29.3 Å². The summed E-state index contributed by atoms with van der Waals surface area (Å²) in [6.07, 6.45) is 15.3. The van der Waals surface area contributed by atoms with Gasteiger partial charge in [0.1, 0.15) is 5.78 Å². The Labute approximate surface area is 151 Å².